The fourth-order valence-electron chi connectivity index (χ4n) is 2.43. The zero-order chi connectivity index (χ0) is 17.0. The van der Waals surface area contributed by atoms with E-state index in [1.807, 2.05) is 11.5 Å². The molecule has 0 aliphatic rings. The Bertz CT molecular complexity index is 811. The van der Waals surface area contributed by atoms with Gasteiger partial charge in [0.1, 0.15) is 5.56 Å². The van der Waals surface area contributed by atoms with Crippen LogP contribution in [-0.4, -0.2) is 28.1 Å². The maximum Gasteiger partial charge on any atom is 0.305 e. The first-order valence-electron chi connectivity index (χ1n) is 7.37. The van der Waals surface area contributed by atoms with E-state index in [4.69, 9.17) is 10.8 Å². The van der Waals surface area contributed by atoms with Gasteiger partial charge in [0.2, 0.25) is 5.43 Å². The lowest BCUT2D eigenvalue weighted by Crippen LogP contribution is -2.31. The van der Waals surface area contributed by atoms with Crippen molar-refractivity contribution in [1.29, 1.82) is 0 Å². The number of rotatable bonds is 6. The van der Waals surface area contributed by atoms with Gasteiger partial charge in [0.15, 0.2) is 0 Å². The molecule has 0 unspecified atom stereocenters. The molecule has 122 valence electrons. The number of pyridine rings is 1. The van der Waals surface area contributed by atoms with E-state index in [1.165, 1.54) is 6.20 Å². The fourth-order valence-corrected chi connectivity index (χ4v) is 2.43. The quantitative estimate of drug-likeness (QED) is 0.693. The number of fused-ring (bicyclic) bond motifs is 1. The SMILES string of the molecule is CCCn1cc(C(=O)NCCC(=O)O)c(=O)c2c(N)cccc21. The average Bonchev–Trinajstić information content (AvgIpc) is 2.49. The summed E-state index contributed by atoms with van der Waals surface area (Å²) in [6.45, 7) is 2.59. The highest BCUT2D eigenvalue weighted by atomic mass is 16.4. The number of benzene rings is 1. The number of aliphatic carboxylic acids is 1. The number of carbonyl (C=O) groups excluding carboxylic acids is 1. The van der Waals surface area contributed by atoms with Crippen molar-refractivity contribution in [3.8, 4) is 0 Å². The van der Waals surface area contributed by atoms with Gasteiger partial charge in [-0.15, -0.1) is 0 Å². The number of hydrogen-bond acceptors (Lipinski definition) is 4. The van der Waals surface area contributed by atoms with E-state index >= 15 is 0 Å². The lowest BCUT2D eigenvalue weighted by atomic mass is 10.1. The van der Waals surface area contributed by atoms with Gasteiger partial charge >= 0.3 is 5.97 Å². The molecular weight excluding hydrogens is 298 g/mol. The number of aromatic nitrogens is 1. The van der Waals surface area contributed by atoms with Crippen LogP contribution in [0.5, 0.6) is 0 Å². The second-order valence-electron chi connectivity index (χ2n) is 5.21. The van der Waals surface area contributed by atoms with Gasteiger partial charge in [-0.1, -0.05) is 13.0 Å². The van der Waals surface area contributed by atoms with E-state index in [0.717, 1.165) is 6.42 Å². The summed E-state index contributed by atoms with van der Waals surface area (Å²) in [5.41, 5.74) is 6.43. The minimum atomic E-state index is -1.02. The Balaban J connectivity index is 2.49. The highest BCUT2D eigenvalue weighted by Gasteiger charge is 2.16. The van der Waals surface area contributed by atoms with Crippen LogP contribution >= 0.6 is 0 Å². The second-order valence-corrected chi connectivity index (χ2v) is 5.21. The second kappa shape index (κ2) is 6.95. The first kappa shape index (κ1) is 16.5. The van der Waals surface area contributed by atoms with Gasteiger partial charge in [-0.05, 0) is 18.6 Å². The first-order chi connectivity index (χ1) is 11.0. The van der Waals surface area contributed by atoms with Crippen molar-refractivity contribution in [2.75, 3.05) is 12.3 Å². The number of carbonyl (C=O) groups is 2. The van der Waals surface area contributed by atoms with Gasteiger partial charge in [0.25, 0.3) is 5.91 Å². The molecule has 0 fully saturated rings. The topological polar surface area (TPSA) is 114 Å². The molecule has 7 heteroatoms. The van der Waals surface area contributed by atoms with Crippen molar-refractivity contribution < 1.29 is 14.7 Å². The molecule has 23 heavy (non-hydrogen) atoms. The van der Waals surface area contributed by atoms with Gasteiger partial charge in [-0.2, -0.15) is 0 Å². The molecule has 0 radical (unpaired) electrons. The number of carboxylic acid groups (broad SMARTS) is 1. The normalized spacial score (nSPS) is 10.7. The molecular formula is C16H19N3O4. The number of aryl methyl sites for hydroxylation is 1. The van der Waals surface area contributed by atoms with Crippen molar-refractivity contribution in [2.24, 2.45) is 0 Å². The summed E-state index contributed by atoms with van der Waals surface area (Å²) < 4.78 is 1.82. The summed E-state index contributed by atoms with van der Waals surface area (Å²) in [7, 11) is 0. The van der Waals surface area contributed by atoms with Crippen LogP contribution in [0.3, 0.4) is 0 Å². The third-order valence-electron chi connectivity index (χ3n) is 3.47. The fraction of sp³-hybridized carbons (Fsp3) is 0.312. The Morgan fingerprint density at radius 2 is 2.09 bits per heavy atom. The number of anilines is 1. The molecule has 1 aromatic carbocycles. The third-order valence-corrected chi connectivity index (χ3v) is 3.47. The number of nitrogens with one attached hydrogen (secondary N) is 1. The zero-order valence-electron chi connectivity index (χ0n) is 12.8. The van der Waals surface area contributed by atoms with E-state index < -0.39 is 17.3 Å². The molecule has 0 aliphatic heterocycles. The molecule has 0 bridgehead atoms. The molecule has 1 aromatic heterocycles. The van der Waals surface area contributed by atoms with Gasteiger partial charge in [-0.25, -0.2) is 0 Å². The van der Waals surface area contributed by atoms with Gasteiger partial charge < -0.3 is 20.7 Å². The molecule has 0 saturated heterocycles. The predicted molar refractivity (Wildman–Crippen MR) is 87.5 cm³/mol. The average molecular weight is 317 g/mol. The Labute approximate surface area is 132 Å². The largest absolute Gasteiger partial charge is 0.481 e. The van der Waals surface area contributed by atoms with Crippen LogP contribution in [-0.2, 0) is 11.3 Å². The summed E-state index contributed by atoms with van der Waals surface area (Å²) in [5.74, 6) is -1.61. The Hall–Kier alpha value is -2.83. The lowest BCUT2D eigenvalue weighted by Gasteiger charge is -2.13. The van der Waals surface area contributed by atoms with Gasteiger partial charge in [0, 0.05) is 25.0 Å². The molecule has 1 amide bonds. The van der Waals surface area contributed by atoms with Crippen molar-refractivity contribution in [2.45, 2.75) is 26.3 Å². The first-order valence-corrected chi connectivity index (χ1v) is 7.37. The van der Waals surface area contributed by atoms with E-state index in [9.17, 15) is 14.4 Å². The monoisotopic (exact) mass is 317 g/mol. The Kier molecular flexibility index (Phi) is 5.00. The van der Waals surface area contributed by atoms with Crippen molar-refractivity contribution in [3.63, 3.8) is 0 Å². The highest BCUT2D eigenvalue weighted by Crippen LogP contribution is 2.18. The number of nitrogens with two attached hydrogens (primary N) is 1. The van der Waals surface area contributed by atoms with Crippen LogP contribution in [0.2, 0.25) is 0 Å². The number of nitrogens with zero attached hydrogens (tertiary/aromatic N) is 1. The Morgan fingerprint density at radius 3 is 2.74 bits per heavy atom. The smallest absolute Gasteiger partial charge is 0.305 e. The standard InChI is InChI=1S/C16H19N3O4/c1-2-8-19-9-10(16(23)18-7-6-13(20)21)15(22)14-11(17)4-3-5-12(14)19/h3-5,9H,2,6-8,17H2,1H3,(H,18,23)(H,20,21). The van der Waals surface area contributed by atoms with Crippen LogP contribution in [0.15, 0.2) is 29.2 Å². The minimum Gasteiger partial charge on any atom is -0.481 e. The van der Waals surface area contributed by atoms with Crippen LogP contribution in [0.4, 0.5) is 5.69 Å². The molecule has 0 spiro atoms. The highest BCUT2D eigenvalue weighted by molar-refractivity contribution is 6.00. The molecule has 0 atom stereocenters. The summed E-state index contributed by atoms with van der Waals surface area (Å²) >= 11 is 0. The molecule has 2 aromatic rings. The number of nitrogen functional groups attached to an aromatic ring is 1. The third kappa shape index (κ3) is 3.50. The van der Waals surface area contributed by atoms with Crippen LogP contribution in [0, 0.1) is 0 Å². The van der Waals surface area contributed by atoms with Gasteiger partial charge in [-0.3, -0.25) is 14.4 Å². The molecule has 7 nitrogen and oxygen atoms in total. The van der Waals surface area contributed by atoms with E-state index in [-0.39, 0.29) is 18.5 Å². The zero-order valence-corrected chi connectivity index (χ0v) is 12.8. The maximum absolute atomic E-state index is 12.6. The van der Waals surface area contributed by atoms with Gasteiger partial charge in [0.05, 0.1) is 17.3 Å². The molecule has 0 aliphatic carbocycles. The van der Waals surface area contributed by atoms with E-state index in [0.29, 0.717) is 23.1 Å². The molecule has 2 rings (SSSR count). The molecule has 4 N–H and O–H groups in total. The summed E-state index contributed by atoms with van der Waals surface area (Å²) in [6.07, 6.45) is 2.13. The van der Waals surface area contributed by atoms with E-state index in [2.05, 4.69) is 5.32 Å². The minimum absolute atomic E-state index is 0.0331. The molecule has 0 saturated carbocycles. The van der Waals surface area contributed by atoms with Crippen LogP contribution in [0.1, 0.15) is 30.1 Å². The van der Waals surface area contributed by atoms with Crippen molar-refractivity contribution in [1.82, 2.24) is 9.88 Å². The predicted octanol–water partition coefficient (Wildman–Crippen LogP) is 1.20. The lowest BCUT2D eigenvalue weighted by molar-refractivity contribution is -0.136. The van der Waals surface area contributed by atoms with Crippen LogP contribution in [0.25, 0.3) is 10.9 Å². The molecule has 1 heterocycles. The van der Waals surface area contributed by atoms with Crippen LogP contribution < -0.4 is 16.5 Å². The van der Waals surface area contributed by atoms with Crippen molar-refractivity contribution in [3.05, 3.63) is 40.2 Å². The summed E-state index contributed by atoms with van der Waals surface area (Å²) in [6, 6.07) is 5.16. The number of hydrogen-bond donors (Lipinski definition) is 3. The summed E-state index contributed by atoms with van der Waals surface area (Å²) in [4.78, 5) is 35.3. The van der Waals surface area contributed by atoms with Crippen molar-refractivity contribution >= 4 is 28.5 Å². The Morgan fingerprint density at radius 1 is 1.35 bits per heavy atom. The van der Waals surface area contributed by atoms with E-state index in [1.54, 1.807) is 18.2 Å². The number of amides is 1. The maximum atomic E-state index is 12.6. The summed E-state index contributed by atoms with van der Waals surface area (Å²) in [5, 5.41) is 11.4. The number of carboxylic acids is 1.